The first kappa shape index (κ1) is 14.5. The zero-order valence-corrected chi connectivity index (χ0v) is 14.0. The van der Waals surface area contributed by atoms with Gasteiger partial charge in [-0.25, -0.2) is 4.79 Å². The van der Waals surface area contributed by atoms with Crippen molar-refractivity contribution in [3.8, 4) is 10.4 Å². The molecule has 0 saturated carbocycles. The van der Waals surface area contributed by atoms with Gasteiger partial charge in [0.1, 0.15) is 4.48 Å². The zero-order chi connectivity index (χ0) is 13.8. The smallest absolute Gasteiger partial charge is 0.345 e. The summed E-state index contributed by atoms with van der Waals surface area (Å²) >= 11 is 8.36. The van der Waals surface area contributed by atoms with E-state index in [1.165, 1.54) is 7.11 Å². The average Bonchev–Trinajstić information content (AvgIpc) is 2.79. The van der Waals surface area contributed by atoms with E-state index in [4.69, 9.17) is 0 Å². The highest BCUT2D eigenvalue weighted by molar-refractivity contribution is 9.12. The Hall–Kier alpha value is -0.910. The van der Waals surface area contributed by atoms with E-state index in [9.17, 15) is 4.79 Å². The molecule has 0 N–H and O–H groups in total. The predicted molar refractivity (Wildman–Crippen MR) is 86.4 cm³/mol. The van der Waals surface area contributed by atoms with Gasteiger partial charge in [-0.05, 0) is 49.6 Å². The number of rotatable bonds is 3. The van der Waals surface area contributed by atoms with E-state index < -0.39 is 0 Å². The van der Waals surface area contributed by atoms with Crippen LogP contribution in [-0.2, 0) is 9.53 Å². The van der Waals surface area contributed by atoms with Gasteiger partial charge in [0.15, 0.2) is 0 Å². The summed E-state index contributed by atoms with van der Waals surface area (Å²) in [5.74, 6) is -0.384. The quantitative estimate of drug-likeness (QED) is 0.529. The van der Waals surface area contributed by atoms with Crippen LogP contribution in [-0.4, -0.2) is 13.1 Å². The van der Waals surface area contributed by atoms with Gasteiger partial charge < -0.3 is 4.74 Å². The van der Waals surface area contributed by atoms with Gasteiger partial charge >= 0.3 is 5.97 Å². The lowest BCUT2D eigenvalue weighted by atomic mass is 10.2. The SMILES string of the molecule is COC(=O)/C(Br)=C/c1cc(Br)c(-c2ccccc2)s1. The van der Waals surface area contributed by atoms with E-state index in [0.29, 0.717) is 4.48 Å². The van der Waals surface area contributed by atoms with Crippen LogP contribution in [0.1, 0.15) is 4.88 Å². The number of esters is 1. The van der Waals surface area contributed by atoms with Crippen LogP contribution in [0.3, 0.4) is 0 Å². The van der Waals surface area contributed by atoms with Crippen LogP contribution in [0.5, 0.6) is 0 Å². The second-order valence-corrected chi connectivity index (χ2v) is 6.47. The summed E-state index contributed by atoms with van der Waals surface area (Å²) < 4.78 is 6.06. The predicted octanol–water partition coefficient (Wildman–Crippen LogP) is 5.09. The van der Waals surface area contributed by atoms with Crippen LogP contribution < -0.4 is 0 Å². The number of methoxy groups -OCH3 is 1. The van der Waals surface area contributed by atoms with Crippen molar-refractivity contribution in [1.82, 2.24) is 0 Å². The molecule has 98 valence electrons. The Morgan fingerprint density at radius 2 is 2.00 bits per heavy atom. The first-order valence-electron chi connectivity index (χ1n) is 5.42. The highest BCUT2D eigenvalue weighted by Gasteiger charge is 2.10. The van der Waals surface area contributed by atoms with Crippen molar-refractivity contribution in [2.75, 3.05) is 7.11 Å². The minimum absolute atomic E-state index is 0.384. The number of hydrogen-bond acceptors (Lipinski definition) is 3. The number of ether oxygens (including phenoxy) is 1. The molecule has 0 atom stereocenters. The Bertz CT molecular complexity index is 618. The number of halogens is 2. The number of carbonyl (C=O) groups excluding carboxylic acids is 1. The fraction of sp³-hybridized carbons (Fsp3) is 0.0714. The molecular weight excluding hydrogens is 392 g/mol. The lowest BCUT2D eigenvalue weighted by Gasteiger charge is -1.97. The van der Waals surface area contributed by atoms with Crippen molar-refractivity contribution >= 4 is 55.2 Å². The lowest BCUT2D eigenvalue weighted by Crippen LogP contribution is -1.98. The third kappa shape index (κ3) is 3.55. The Labute approximate surface area is 132 Å². The Balaban J connectivity index is 2.35. The second-order valence-electron chi connectivity index (χ2n) is 3.68. The van der Waals surface area contributed by atoms with E-state index in [1.807, 2.05) is 24.3 Å². The molecule has 2 rings (SSSR count). The average molecular weight is 402 g/mol. The molecule has 0 radical (unpaired) electrons. The fourth-order valence-electron chi connectivity index (χ4n) is 1.53. The molecule has 0 unspecified atom stereocenters. The molecule has 0 aliphatic rings. The van der Waals surface area contributed by atoms with E-state index in [0.717, 1.165) is 19.8 Å². The number of carbonyl (C=O) groups is 1. The molecule has 0 amide bonds. The molecule has 2 nitrogen and oxygen atoms in total. The van der Waals surface area contributed by atoms with Gasteiger partial charge in [0.2, 0.25) is 0 Å². The third-order valence-corrected chi connectivity index (χ3v) is 4.96. The number of thiophene rings is 1. The van der Waals surface area contributed by atoms with Gasteiger partial charge in [0, 0.05) is 14.2 Å². The summed E-state index contributed by atoms with van der Waals surface area (Å²) in [6.45, 7) is 0. The first-order valence-corrected chi connectivity index (χ1v) is 7.82. The molecule has 1 aromatic carbocycles. The molecule has 0 aliphatic heterocycles. The highest BCUT2D eigenvalue weighted by atomic mass is 79.9. The van der Waals surface area contributed by atoms with E-state index >= 15 is 0 Å². The molecule has 1 heterocycles. The molecule has 0 bridgehead atoms. The maximum absolute atomic E-state index is 11.3. The largest absolute Gasteiger partial charge is 0.465 e. The minimum Gasteiger partial charge on any atom is -0.465 e. The lowest BCUT2D eigenvalue weighted by molar-refractivity contribution is -0.135. The molecule has 5 heteroatoms. The van der Waals surface area contributed by atoms with Gasteiger partial charge in [-0.1, -0.05) is 30.3 Å². The van der Waals surface area contributed by atoms with Gasteiger partial charge in [-0.3, -0.25) is 0 Å². The normalized spacial score (nSPS) is 11.4. The topological polar surface area (TPSA) is 26.3 Å². The maximum atomic E-state index is 11.3. The van der Waals surface area contributed by atoms with Crippen LogP contribution in [0.15, 0.2) is 45.4 Å². The maximum Gasteiger partial charge on any atom is 0.345 e. The molecule has 0 saturated heterocycles. The molecule has 0 fully saturated rings. The monoisotopic (exact) mass is 400 g/mol. The van der Waals surface area contributed by atoms with Crippen molar-refractivity contribution in [3.63, 3.8) is 0 Å². The van der Waals surface area contributed by atoms with Crippen molar-refractivity contribution in [3.05, 3.63) is 50.2 Å². The van der Waals surface area contributed by atoms with Crippen LogP contribution >= 0.6 is 43.2 Å². The Morgan fingerprint density at radius 1 is 1.32 bits per heavy atom. The second kappa shape index (κ2) is 6.50. The van der Waals surface area contributed by atoms with E-state index in [1.54, 1.807) is 17.4 Å². The zero-order valence-electron chi connectivity index (χ0n) is 10.0. The van der Waals surface area contributed by atoms with E-state index in [-0.39, 0.29) is 5.97 Å². The molecule has 1 aromatic heterocycles. The third-order valence-electron chi connectivity index (χ3n) is 2.39. The fourth-order valence-corrected chi connectivity index (χ4v) is 3.95. The molecule has 0 aliphatic carbocycles. The Morgan fingerprint density at radius 3 is 2.63 bits per heavy atom. The molecular formula is C14H10Br2O2S. The van der Waals surface area contributed by atoms with Crippen molar-refractivity contribution in [1.29, 1.82) is 0 Å². The summed E-state index contributed by atoms with van der Waals surface area (Å²) in [5.41, 5.74) is 1.15. The summed E-state index contributed by atoms with van der Waals surface area (Å²) in [4.78, 5) is 13.4. The highest BCUT2D eigenvalue weighted by Crippen LogP contribution is 2.37. The van der Waals surface area contributed by atoms with Gasteiger partial charge in [-0.15, -0.1) is 11.3 Å². The number of benzene rings is 1. The minimum atomic E-state index is -0.384. The standard InChI is InChI=1S/C14H10Br2O2S/c1-18-14(17)12(16)8-10-7-11(15)13(19-10)9-5-3-2-4-6-9/h2-8H,1H3/b12-8-. The first-order chi connectivity index (χ1) is 9.11. The van der Waals surface area contributed by atoms with Gasteiger partial charge in [0.25, 0.3) is 0 Å². The van der Waals surface area contributed by atoms with Crippen molar-refractivity contribution in [2.24, 2.45) is 0 Å². The Kier molecular flexibility index (Phi) is 4.96. The van der Waals surface area contributed by atoms with Gasteiger partial charge in [-0.2, -0.15) is 0 Å². The summed E-state index contributed by atoms with van der Waals surface area (Å²) in [6.07, 6.45) is 1.76. The molecule has 19 heavy (non-hydrogen) atoms. The molecule has 2 aromatic rings. The van der Waals surface area contributed by atoms with Crippen LogP contribution in [0.2, 0.25) is 0 Å². The molecule has 0 spiro atoms. The number of hydrogen-bond donors (Lipinski definition) is 0. The van der Waals surface area contributed by atoms with Gasteiger partial charge in [0.05, 0.1) is 7.11 Å². The van der Waals surface area contributed by atoms with Crippen LogP contribution in [0.25, 0.3) is 16.5 Å². The van der Waals surface area contributed by atoms with E-state index in [2.05, 4.69) is 48.7 Å². The van der Waals surface area contributed by atoms with Crippen LogP contribution in [0, 0.1) is 0 Å². The van der Waals surface area contributed by atoms with Crippen LogP contribution in [0.4, 0.5) is 0 Å². The summed E-state index contributed by atoms with van der Waals surface area (Å²) in [7, 11) is 1.36. The summed E-state index contributed by atoms with van der Waals surface area (Å²) in [6, 6.07) is 12.1. The summed E-state index contributed by atoms with van der Waals surface area (Å²) in [5, 5.41) is 0. The van der Waals surface area contributed by atoms with Crippen molar-refractivity contribution < 1.29 is 9.53 Å². The van der Waals surface area contributed by atoms with Crippen molar-refractivity contribution in [2.45, 2.75) is 0 Å².